The Kier molecular flexibility index (Phi) is 7.90. The summed E-state index contributed by atoms with van der Waals surface area (Å²) in [7, 11) is -3.36. The summed E-state index contributed by atoms with van der Waals surface area (Å²) in [4.78, 5) is 1.35. The molecular formula is C26H36O2SSi. The highest BCUT2D eigenvalue weighted by molar-refractivity contribution is 7.85. The highest BCUT2D eigenvalue weighted by Crippen LogP contribution is 2.41. The van der Waals surface area contributed by atoms with Crippen molar-refractivity contribution < 1.29 is 9.32 Å². The lowest BCUT2D eigenvalue weighted by molar-refractivity contribution is 0.119. The molecule has 2 nitrogen and oxygen atoms in total. The van der Waals surface area contributed by atoms with E-state index in [0.29, 0.717) is 27.1 Å². The van der Waals surface area contributed by atoms with E-state index in [1.807, 2.05) is 55.5 Å². The second-order valence-corrected chi connectivity index (χ2v) is 16.3. The van der Waals surface area contributed by atoms with Crippen molar-refractivity contribution in [2.75, 3.05) is 0 Å². The molecule has 0 heterocycles. The van der Waals surface area contributed by atoms with Crippen LogP contribution in [0.25, 0.3) is 0 Å². The molecule has 0 bridgehead atoms. The number of hydrogen-bond donors (Lipinski definition) is 1. The fourth-order valence-corrected chi connectivity index (χ4v) is 11.2. The molecule has 2 aromatic carbocycles. The quantitative estimate of drug-likeness (QED) is 0.406. The van der Waals surface area contributed by atoms with Crippen LogP contribution in [0.3, 0.4) is 0 Å². The third-order valence-corrected chi connectivity index (χ3v) is 14.0. The van der Waals surface area contributed by atoms with Crippen molar-refractivity contribution in [3.05, 3.63) is 59.7 Å². The monoisotopic (exact) mass is 440 g/mol. The SMILES string of the molecule is Cc1ccc([S@](=O)c2ccccc2[C@](C)(O)C#C[Si](C(C)C)(C(C)C)C(C)C)cc1. The van der Waals surface area contributed by atoms with Gasteiger partial charge in [-0.1, -0.05) is 83.4 Å². The van der Waals surface area contributed by atoms with Gasteiger partial charge in [-0.25, -0.2) is 4.21 Å². The van der Waals surface area contributed by atoms with Gasteiger partial charge in [0.2, 0.25) is 0 Å². The van der Waals surface area contributed by atoms with Gasteiger partial charge in [-0.3, -0.25) is 0 Å². The maximum absolute atomic E-state index is 13.3. The van der Waals surface area contributed by atoms with Gasteiger partial charge in [-0.05, 0) is 48.7 Å². The summed E-state index contributed by atoms with van der Waals surface area (Å²) < 4.78 is 13.3. The second-order valence-electron chi connectivity index (χ2n) is 9.30. The van der Waals surface area contributed by atoms with E-state index in [4.69, 9.17) is 0 Å². The molecule has 4 heteroatoms. The van der Waals surface area contributed by atoms with Gasteiger partial charge in [-0.2, -0.15) is 0 Å². The molecule has 2 atom stereocenters. The fraction of sp³-hybridized carbons (Fsp3) is 0.462. The van der Waals surface area contributed by atoms with Crippen molar-refractivity contribution in [3.63, 3.8) is 0 Å². The summed E-state index contributed by atoms with van der Waals surface area (Å²) in [6, 6.07) is 15.1. The van der Waals surface area contributed by atoms with Crippen LogP contribution >= 0.6 is 0 Å². The maximum atomic E-state index is 13.3. The first-order valence-corrected chi connectivity index (χ1v) is 14.2. The molecule has 0 fully saturated rings. The van der Waals surface area contributed by atoms with E-state index >= 15 is 0 Å². The maximum Gasteiger partial charge on any atom is 0.148 e. The Morgan fingerprint density at radius 2 is 1.40 bits per heavy atom. The third-order valence-electron chi connectivity index (χ3n) is 6.23. The van der Waals surface area contributed by atoms with Crippen LogP contribution in [0, 0.1) is 18.4 Å². The van der Waals surface area contributed by atoms with E-state index in [-0.39, 0.29) is 0 Å². The van der Waals surface area contributed by atoms with Crippen LogP contribution in [0.5, 0.6) is 0 Å². The molecule has 0 aromatic heterocycles. The molecular weight excluding hydrogens is 404 g/mol. The van der Waals surface area contributed by atoms with E-state index in [1.165, 1.54) is 0 Å². The first kappa shape index (κ1) is 24.6. The molecule has 0 unspecified atom stereocenters. The van der Waals surface area contributed by atoms with Crippen molar-refractivity contribution in [3.8, 4) is 11.5 Å². The Morgan fingerprint density at radius 1 is 0.900 bits per heavy atom. The number of aliphatic hydroxyl groups is 1. The molecule has 30 heavy (non-hydrogen) atoms. The van der Waals surface area contributed by atoms with Crippen LogP contribution in [0.15, 0.2) is 58.3 Å². The molecule has 0 radical (unpaired) electrons. The van der Waals surface area contributed by atoms with Gasteiger partial charge in [0.1, 0.15) is 13.7 Å². The van der Waals surface area contributed by atoms with Crippen molar-refractivity contribution in [1.82, 2.24) is 0 Å². The summed E-state index contributed by atoms with van der Waals surface area (Å²) in [6.07, 6.45) is 0. The van der Waals surface area contributed by atoms with Crippen LogP contribution in [0.1, 0.15) is 59.6 Å². The first-order chi connectivity index (χ1) is 13.9. The van der Waals surface area contributed by atoms with Crippen LogP contribution in [-0.4, -0.2) is 17.4 Å². The molecule has 0 amide bonds. The summed E-state index contributed by atoms with van der Waals surface area (Å²) in [6.45, 7) is 17.3. The van der Waals surface area contributed by atoms with Gasteiger partial charge in [0.25, 0.3) is 0 Å². The minimum atomic E-state index is -1.98. The molecule has 162 valence electrons. The summed E-state index contributed by atoms with van der Waals surface area (Å²) in [5.74, 6) is 3.25. The van der Waals surface area contributed by atoms with Crippen molar-refractivity contribution >= 4 is 18.9 Å². The summed E-state index contributed by atoms with van der Waals surface area (Å²) >= 11 is 0. The summed E-state index contributed by atoms with van der Waals surface area (Å²) in [5.41, 5.74) is 5.45. The number of aryl methyl sites for hydroxylation is 1. The Balaban J connectivity index is 2.56. The van der Waals surface area contributed by atoms with Crippen molar-refractivity contribution in [1.29, 1.82) is 0 Å². The van der Waals surface area contributed by atoms with Gasteiger partial charge >= 0.3 is 0 Å². The van der Waals surface area contributed by atoms with Crippen LogP contribution in [0.4, 0.5) is 0 Å². The zero-order chi connectivity index (χ0) is 22.7. The van der Waals surface area contributed by atoms with Gasteiger partial charge in [-0.15, -0.1) is 5.54 Å². The van der Waals surface area contributed by atoms with E-state index in [2.05, 4.69) is 53.0 Å². The molecule has 0 aliphatic carbocycles. The molecule has 0 saturated carbocycles. The molecule has 0 spiro atoms. The number of benzene rings is 2. The van der Waals surface area contributed by atoms with Crippen molar-refractivity contribution in [2.45, 2.75) is 87.4 Å². The Labute approximate surface area is 186 Å². The van der Waals surface area contributed by atoms with Gasteiger partial charge < -0.3 is 5.11 Å². The molecule has 1 N–H and O–H groups in total. The highest BCUT2D eigenvalue weighted by atomic mass is 32.2. The molecule has 0 saturated heterocycles. The lowest BCUT2D eigenvalue weighted by Crippen LogP contribution is -2.43. The summed E-state index contributed by atoms with van der Waals surface area (Å²) in [5, 5.41) is 11.4. The van der Waals surface area contributed by atoms with Gasteiger partial charge in [0.15, 0.2) is 0 Å². The van der Waals surface area contributed by atoms with E-state index in [9.17, 15) is 9.32 Å². The highest BCUT2D eigenvalue weighted by Gasteiger charge is 2.42. The number of rotatable bonds is 6. The Morgan fingerprint density at radius 3 is 1.90 bits per heavy atom. The molecule has 2 rings (SSSR count). The van der Waals surface area contributed by atoms with Crippen LogP contribution in [-0.2, 0) is 16.4 Å². The standard InChI is InChI=1S/C26H36O2SSi/c1-19(2)30(20(3)4,21(5)6)18-17-26(8,27)24-11-9-10-12-25(24)29(28)23-15-13-22(7)14-16-23/h9-16,19-21,27H,1-8H3/t26-,29+/m1/s1. The van der Waals surface area contributed by atoms with Crippen LogP contribution in [0.2, 0.25) is 16.6 Å². The molecule has 2 aromatic rings. The second kappa shape index (κ2) is 9.64. The minimum absolute atomic E-state index is 0.484. The predicted octanol–water partition coefficient (Wildman–Crippen LogP) is 6.59. The van der Waals surface area contributed by atoms with Crippen molar-refractivity contribution in [2.24, 2.45) is 0 Å². The molecule has 0 aliphatic heterocycles. The predicted molar refractivity (Wildman–Crippen MR) is 131 cm³/mol. The largest absolute Gasteiger partial charge is 0.374 e. The first-order valence-electron chi connectivity index (χ1n) is 10.8. The number of hydrogen-bond acceptors (Lipinski definition) is 2. The van der Waals surface area contributed by atoms with E-state index in [0.717, 1.165) is 10.5 Å². The van der Waals surface area contributed by atoms with E-state index in [1.54, 1.807) is 6.92 Å². The third kappa shape index (κ3) is 4.96. The van der Waals surface area contributed by atoms with Crippen LogP contribution < -0.4 is 0 Å². The topological polar surface area (TPSA) is 37.3 Å². The van der Waals surface area contributed by atoms with E-state index < -0.39 is 24.5 Å². The average Bonchev–Trinajstić information content (AvgIpc) is 2.67. The lowest BCUT2D eigenvalue weighted by Gasteiger charge is -2.38. The average molecular weight is 441 g/mol. The minimum Gasteiger partial charge on any atom is -0.374 e. The lowest BCUT2D eigenvalue weighted by atomic mass is 9.97. The normalized spacial score (nSPS) is 15.1. The van der Waals surface area contributed by atoms with Gasteiger partial charge in [0, 0.05) is 10.5 Å². The smallest absolute Gasteiger partial charge is 0.148 e. The molecule has 0 aliphatic rings. The zero-order valence-corrected chi connectivity index (χ0v) is 21.4. The fourth-order valence-electron chi connectivity index (χ4n) is 4.55. The Hall–Kier alpha value is -1.67. The Bertz CT molecular complexity index is 925. The zero-order valence-electron chi connectivity index (χ0n) is 19.6. The van der Waals surface area contributed by atoms with Gasteiger partial charge in [0.05, 0.1) is 15.7 Å².